The third kappa shape index (κ3) is 3.20. The van der Waals surface area contributed by atoms with Crippen molar-refractivity contribution in [3.05, 3.63) is 48.5 Å². The lowest BCUT2D eigenvalue weighted by Gasteiger charge is -2.05. The van der Waals surface area contributed by atoms with Crippen molar-refractivity contribution in [2.24, 2.45) is 0 Å². The smallest absolute Gasteiger partial charge is 0.137 e. The molecule has 0 aliphatic heterocycles. The van der Waals surface area contributed by atoms with Crippen LogP contribution >= 0.6 is 0 Å². The van der Waals surface area contributed by atoms with Crippen LogP contribution in [0.1, 0.15) is 18.5 Å². The van der Waals surface area contributed by atoms with E-state index in [4.69, 9.17) is 4.79 Å². The average molecular weight is 294 g/mol. The zero-order valence-corrected chi connectivity index (χ0v) is 12.2. The number of pyridine rings is 2. The summed E-state index contributed by atoms with van der Waals surface area (Å²) in [4.78, 5) is 20.0. The van der Waals surface area contributed by atoms with Crippen molar-refractivity contribution < 1.29 is 4.79 Å². The highest BCUT2D eigenvalue weighted by atomic mass is 16.1. The Hall–Kier alpha value is -2.53. The molecule has 0 unspecified atom stereocenters. The Kier molecular flexibility index (Phi) is 4.25. The van der Waals surface area contributed by atoms with Gasteiger partial charge in [0.2, 0.25) is 0 Å². The first-order chi connectivity index (χ1) is 10.9. The molecule has 0 aromatic carbocycles. The van der Waals surface area contributed by atoms with Gasteiger partial charge in [0.1, 0.15) is 12.4 Å². The standard InChI is InChI=1S/C16H16N4.CH2O/c1-2-15(10-19-14-3-4-14)18-8-12(1)13-7-11-5-6-17-16(11)20-9-13;1-2/h1-2,5-9,14,19H,3-4,10H2,(H,17,20);1H2. The minimum atomic E-state index is 0.719. The second-order valence-corrected chi connectivity index (χ2v) is 5.33. The molecule has 1 aliphatic carbocycles. The number of carbonyl (C=O) groups is 1. The molecule has 5 heteroatoms. The average Bonchev–Trinajstić information content (AvgIpc) is 3.30. The van der Waals surface area contributed by atoms with Crippen molar-refractivity contribution >= 4 is 17.8 Å². The van der Waals surface area contributed by atoms with Gasteiger partial charge < -0.3 is 15.1 Å². The van der Waals surface area contributed by atoms with Gasteiger partial charge in [-0.15, -0.1) is 0 Å². The molecule has 2 N–H and O–H groups in total. The molecule has 22 heavy (non-hydrogen) atoms. The summed E-state index contributed by atoms with van der Waals surface area (Å²) in [5.41, 5.74) is 4.23. The third-order valence-electron chi connectivity index (χ3n) is 3.71. The van der Waals surface area contributed by atoms with Gasteiger partial charge in [0.25, 0.3) is 0 Å². The number of nitrogens with zero attached hydrogens (tertiary/aromatic N) is 2. The number of aromatic amines is 1. The molecule has 0 spiro atoms. The van der Waals surface area contributed by atoms with Crippen LogP contribution in [0.25, 0.3) is 22.2 Å². The predicted octanol–water partition coefficient (Wildman–Crippen LogP) is 2.69. The first kappa shape index (κ1) is 14.4. The molecule has 3 aromatic heterocycles. The molecule has 0 atom stereocenters. The third-order valence-corrected chi connectivity index (χ3v) is 3.71. The fourth-order valence-corrected chi connectivity index (χ4v) is 2.33. The van der Waals surface area contributed by atoms with E-state index in [0.717, 1.165) is 40.4 Å². The van der Waals surface area contributed by atoms with E-state index in [1.165, 1.54) is 12.8 Å². The van der Waals surface area contributed by atoms with Gasteiger partial charge in [0.15, 0.2) is 0 Å². The fourth-order valence-electron chi connectivity index (χ4n) is 2.33. The minimum Gasteiger partial charge on any atom is -0.346 e. The summed E-state index contributed by atoms with van der Waals surface area (Å²) in [6.07, 6.45) is 8.34. The van der Waals surface area contributed by atoms with E-state index < -0.39 is 0 Å². The number of nitrogens with one attached hydrogen (secondary N) is 2. The van der Waals surface area contributed by atoms with Crippen molar-refractivity contribution in [2.75, 3.05) is 0 Å². The highest BCUT2D eigenvalue weighted by Gasteiger charge is 2.20. The lowest BCUT2D eigenvalue weighted by Crippen LogP contribution is -2.15. The first-order valence-corrected chi connectivity index (χ1v) is 7.29. The highest BCUT2D eigenvalue weighted by molar-refractivity contribution is 5.81. The summed E-state index contributed by atoms with van der Waals surface area (Å²) in [5.74, 6) is 0. The fraction of sp³-hybridized carbons (Fsp3) is 0.235. The van der Waals surface area contributed by atoms with Crippen molar-refractivity contribution in [3.63, 3.8) is 0 Å². The van der Waals surface area contributed by atoms with Gasteiger partial charge in [0, 0.05) is 47.7 Å². The van der Waals surface area contributed by atoms with Gasteiger partial charge >= 0.3 is 0 Å². The number of fused-ring (bicyclic) bond motifs is 1. The van der Waals surface area contributed by atoms with Crippen molar-refractivity contribution in [1.29, 1.82) is 0 Å². The molecular formula is C17H18N4O. The van der Waals surface area contributed by atoms with E-state index >= 15 is 0 Å². The van der Waals surface area contributed by atoms with Crippen LogP contribution in [0.4, 0.5) is 0 Å². The van der Waals surface area contributed by atoms with Crippen LogP contribution in [-0.4, -0.2) is 27.8 Å². The van der Waals surface area contributed by atoms with Gasteiger partial charge in [-0.25, -0.2) is 4.98 Å². The summed E-state index contributed by atoms with van der Waals surface area (Å²) in [6, 6.07) is 9.10. The van der Waals surface area contributed by atoms with E-state index in [-0.39, 0.29) is 0 Å². The van der Waals surface area contributed by atoms with Crippen LogP contribution in [0.3, 0.4) is 0 Å². The number of H-pyrrole nitrogens is 1. The molecular weight excluding hydrogens is 276 g/mol. The van der Waals surface area contributed by atoms with E-state index in [9.17, 15) is 0 Å². The molecule has 1 saturated carbocycles. The molecule has 0 saturated heterocycles. The summed E-state index contributed by atoms with van der Waals surface area (Å²) < 4.78 is 0. The van der Waals surface area contributed by atoms with Crippen LogP contribution in [0.2, 0.25) is 0 Å². The Balaban J connectivity index is 0.000000693. The van der Waals surface area contributed by atoms with Crippen molar-refractivity contribution in [1.82, 2.24) is 20.3 Å². The van der Waals surface area contributed by atoms with E-state index in [1.807, 2.05) is 31.4 Å². The normalized spacial score (nSPS) is 13.6. The summed E-state index contributed by atoms with van der Waals surface area (Å²) >= 11 is 0. The van der Waals surface area contributed by atoms with Crippen LogP contribution in [-0.2, 0) is 11.3 Å². The molecule has 1 aliphatic rings. The quantitative estimate of drug-likeness (QED) is 0.776. The Morgan fingerprint density at radius 2 is 1.95 bits per heavy atom. The summed E-state index contributed by atoms with van der Waals surface area (Å²) in [5, 5.41) is 4.60. The number of hydrogen-bond donors (Lipinski definition) is 2. The van der Waals surface area contributed by atoms with Crippen LogP contribution in [0.15, 0.2) is 42.9 Å². The Morgan fingerprint density at radius 3 is 2.68 bits per heavy atom. The maximum absolute atomic E-state index is 8.00. The molecule has 4 rings (SSSR count). The van der Waals surface area contributed by atoms with Gasteiger partial charge in [-0.3, -0.25) is 4.98 Å². The van der Waals surface area contributed by atoms with E-state index in [1.54, 1.807) is 0 Å². The second-order valence-electron chi connectivity index (χ2n) is 5.33. The van der Waals surface area contributed by atoms with E-state index in [0.29, 0.717) is 0 Å². The molecule has 112 valence electrons. The summed E-state index contributed by atoms with van der Waals surface area (Å²) in [6.45, 7) is 2.86. The van der Waals surface area contributed by atoms with E-state index in [2.05, 4.69) is 38.5 Å². The molecule has 0 amide bonds. The largest absolute Gasteiger partial charge is 0.346 e. The minimum absolute atomic E-state index is 0.719. The first-order valence-electron chi connectivity index (χ1n) is 7.29. The van der Waals surface area contributed by atoms with Gasteiger partial charge in [-0.05, 0) is 31.0 Å². The summed E-state index contributed by atoms with van der Waals surface area (Å²) in [7, 11) is 0. The molecule has 3 heterocycles. The number of hydrogen-bond acceptors (Lipinski definition) is 4. The Morgan fingerprint density at radius 1 is 1.14 bits per heavy atom. The monoisotopic (exact) mass is 294 g/mol. The number of carbonyl (C=O) groups excluding carboxylic acids is 1. The van der Waals surface area contributed by atoms with Gasteiger partial charge in [-0.1, -0.05) is 6.07 Å². The predicted molar refractivity (Wildman–Crippen MR) is 86.3 cm³/mol. The maximum Gasteiger partial charge on any atom is 0.137 e. The number of aromatic nitrogens is 3. The van der Waals surface area contributed by atoms with Gasteiger partial charge in [0.05, 0.1) is 5.69 Å². The second kappa shape index (κ2) is 6.49. The zero-order valence-electron chi connectivity index (χ0n) is 12.2. The van der Waals surface area contributed by atoms with Crippen molar-refractivity contribution in [3.8, 4) is 11.1 Å². The molecule has 5 nitrogen and oxygen atoms in total. The molecule has 3 aromatic rings. The Labute approximate surface area is 128 Å². The molecule has 0 bridgehead atoms. The van der Waals surface area contributed by atoms with Crippen LogP contribution in [0.5, 0.6) is 0 Å². The topological polar surface area (TPSA) is 70.7 Å². The van der Waals surface area contributed by atoms with Gasteiger partial charge in [-0.2, -0.15) is 0 Å². The Bertz CT molecular complexity index is 747. The number of rotatable bonds is 4. The SMILES string of the molecule is C=O.c1cc2cc(-c3ccc(CNC4CC4)nc3)cnc2[nH]1. The van der Waals surface area contributed by atoms with Crippen LogP contribution in [0, 0.1) is 0 Å². The maximum atomic E-state index is 8.00. The zero-order chi connectivity index (χ0) is 15.4. The van der Waals surface area contributed by atoms with Crippen LogP contribution < -0.4 is 5.32 Å². The lowest BCUT2D eigenvalue weighted by molar-refractivity contribution is -0.0979. The molecule has 1 fully saturated rings. The highest BCUT2D eigenvalue weighted by Crippen LogP contribution is 2.22. The lowest BCUT2D eigenvalue weighted by atomic mass is 10.1. The molecule has 0 radical (unpaired) electrons. The van der Waals surface area contributed by atoms with Crippen molar-refractivity contribution in [2.45, 2.75) is 25.4 Å².